The summed E-state index contributed by atoms with van der Waals surface area (Å²) in [5, 5.41) is 0. The summed E-state index contributed by atoms with van der Waals surface area (Å²) < 4.78 is 0. The minimum Gasteiger partial charge on any atom is -0.306 e. The maximum absolute atomic E-state index is 12.3. The maximum atomic E-state index is 12.3. The SMILES string of the molecule is Cc1ccc(-c2[nH]c(=O)[nH]c(=O)c2-c2ccc(C)cc2)cc1. The lowest BCUT2D eigenvalue weighted by atomic mass is 9.99. The average molecular weight is 292 g/mol. The van der Waals surface area contributed by atoms with E-state index in [-0.39, 0.29) is 5.56 Å². The highest BCUT2D eigenvalue weighted by Gasteiger charge is 2.13. The summed E-state index contributed by atoms with van der Waals surface area (Å²) >= 11 is 0. The summed E-state index contributed by atoms with van der Waals surface area (Å²) in [7, 11) is 0. The second kappa shape index (κ2) is 5.48. The fraction of sp³-hybridized carbons (Fsp3) is 0.111. The van der Waals surface area contributed by atoms with Gasteiger partial charge in [0.25, 0.3) is 5.56 Å². The van der Waals surface area contributed by atoms with Crippen molar-refractivity contribution < 1.29 is 0 Å². The minimum absolute atomic E-state index is 0.386. The molecule has 3 aromatic rings. The van der Waals surface area contributed by atoms with E-state index in [0.717, 1.165) is 22.3 Å². The second-order valence-electron chi connectivity index (χ2n) is 5.39. The van der Waals surface area contributed by atoms with Crippen molar-refractivity contribution in [1.29, 1.82) is 0 Å². The molecule has 1 aromatic heterocycles. The molecule has 1 heterocycles. The third-order valence-corrected chi connectivity index (χ3v) is 3.62. The number of hydrogen-bond donors (Lipinski definition) is 2. The summed E-state index contributed by atoms with van der Waals surface area (Å²) in [5.74, 6) is 0. The first kappa shape index (κ1) is 14.1. The normalized spacial score (nSPS) is 10.6. The highest BCUT2D eigenvalue weighted by atomic mass is 16.2. The average Bonchev–Trinajstić information content (AvgIpc) is 2.49. The van der Waals surface area contributed by atoms with Crippen molar-refractivity contribution in [2.75, 3.05) is 0 Å². The van der Waals surface area contributed by atoms with Gasteiger partial charge in [-0.25, -0.2) is 4.79 Å². The summed E-state index contributed by atoms with van der Waals surface area (Å²) in [6.07, 6.45) is 0. The van der Waals surface area contributed by atoms with Crippen LogP contribution in [-0.2, 0) is 0 Å². The fourth-order valence-corrected chi connectivity index (χ4v) is 2.42. The van der Waals surface area contributed by atoms with Crippen molar-refractivity contribution in [3.63, 3.8) is 0 Å². The van der Waals surface area contributed by atoms with E-state index in [0.29, 0.717) is 11.3 Å². The number of aromatic nitrogens is 2. The van der Waals surface area contributed by atoms with Gasteiger partial charge < -0.3 is 4.98 Å². The minimum atomic E-state index is -0.503. The number of nitrogens with one attached hydrogen (secondary N) is 2. The standard InChI is InChI=1S/C18H16N2O2/c1-11-3-7-13(8-4-11)15-16(19-18(22)20-17(15)21)14-9-5-12(2)6-10-14/h3-10H,1-2H3,(H2,19,20,21,22). The van der Waals surface area contributed by atoms with Crippen LogP contribution in [0.1, 0.15) is 11.1 Å². The van der Waals surface area contributed by atoms with Gasteiger partial charge in [0.1, 0.15) is 0 Å². The third kappa shape index (κ3) is 2.63. The number of hydrogen-bond acceptors (Lipinski definition) is 2. The van der Waals surface area contributed by atoms with Crippen molar-refractivity contribution in [3.8, 4) is 22.4 Å². The van der Waals surface area contributed by atoms with Crippen LogP contribution < -0.4 is 11.2 Å². The predicted octanol–water partition coefficient (Wildman–Crippen LogP) is 3.01. The number of rotatable bonds is 2. The Hall–Kier alpha value is -2.88. The summed E-state index contributed by atoms with van der Waals surface area (Å²) in [6, 6.07) is 15.4. The smallest absolute Gasteiger partial charge is 0.306 e. The molecule has 110 valence electrons. The zero-order valence-corrected chi connectivity index (χ0v) is 12.4. The largest absolute Gasteiger partial charge is 0.326 e. The van der Waals surface area contributed by atoms with Gasteiger partial charge in [-0.3, -0.25) is 9.78 Å². The summed E-state index contributed by atoms with van der Waals surface area (Å²) in [5.41, 5.74) is 3.94. The highest BCUT2D eigenvalue weighted by molar-refractivity contribution is 5.79. The first-order valence-electron chi connectivity index (χ1n) is 7.05. The molecule has 2 aromatic carbocycles. The Balaban J connectivity index is 2.29. The van der Waals surface area contributed by atoms with Crippen LogP contribution in [0, 0.1) is 13.8 Å². The molecule has 0 saturated heterocycles. The zero-order chi connectivity index (χ0) is 15.7. The molecule has 0 unspecified atom stereocenters. The Bertz CT molecular complexity index is 917. The van der Waals surface area contributed by atoms with Crippen molar-refractivity contribution in [2.45, 2.75) is 13.8 Å². The number of aromatic amines is 2. The van der Waals surface area contributed by atoms with Crippen LogP contribution >= 0.6 is 0 Å². The van der Waals surface area contributed by atoms with E-state index in [1.165, 1.54) is 0 Å². The first-order chi connectivity index (χ1) is 10.5. The van der Waals surface area contributed by atoms with Gasteiger partial charge in [-0.2, -0.15) is 0 Å². The van der Waals surface area contributed by atoms with Crippen molar-refractivity contribution in [3.05, 3.63) is 80.5 Å². The summed E-state index contributed by atoms with van der Waals surface area (Å²) in [4.78, 5) is 29.1. The third-order valence-electron chi connectivity index (χ3n) is 3.62. The van der Waals surface area contributed by atoms with Gasteiger partial charge in [0.05, 0.1) is 11.3 Å². The van der Waals surface area contributed by atoms with Crippen LogP contribution in [0.4, 0.5) is 0 Å². The van der Waals surface area contributed by atoms with Crippen LogP contribution in [0.5, 0.6) is 0 Å². The molecule has 22 heavy (non-hydrogen) atoms. The maximum Gasteiger partial charge on any atom is 0.326 e. The molecule has 4 heteroatoms. The Morgan fingerprint density at radius 2 is 1.18 bits per heavy atom. The molecule has 0 bridgehead atoms. The van der Waals surface area contributed by atoms with E-state index in [2.05, 4.69) is 9.97 Å². The van der Waals surface area contributed by atoms with Crippen molar-refractivity contribution in [2.24, 2.45) is 0 Å². The van der Waals surface area contributed by atoms with E-state index in [1.54, 1.807) is 0 Å². The molecular formula is C18H16N2O2. The Labute approximate surface area is 127 Å². The molecule has 0 saturated carbocycles. The number of aryl methyl sites for hydroxylation is 2. The Morgan fingerprint density at radius 3 is 1.73 bits per heavy atom. The van der Waals surface area contributed by atoms with Crippen LogP contribution in [-0.4, -0.2) is 9.97 Å². The summed E-state index contributed by atoms with van der Waals surface area (Å²) in [6.45, 7) is 3.98. The molecule has 0 radical (unpaired) electrons. The van der Waals surface area contributed by atoms with Gasteiger partial charge in [0.15, 0.2) is 0 Å². The number of H-pyrrole nitrogens is 2. The molecule has 2 N–H and O–H groups in total. The topological polar surface area (TPSA) is 65.7 Å². The zero-order valence-electron chi connectivity index (χ0n) is 12.4. The molecule has 0 atom stereocenters. The predicted molar refractivity (Wildman–Crippen MR) is 88.0 cm³/mol. The molecule has 0 aliphatic carbocycles. The fourth-order valence-electron chi connectivity index (χ4n) is 2.42. The van der Waals surface area contributed by atoms with Gasteiger partial charge in [-0.1, -0.05) is 59.7 Å². The van der Waals surface area contributed by atoms with E-state index >= 15 is 0 Å². The second-order valence-corrected chi connectivity index (χ2v) is 5.39. The van der Waals surface area contributed by atoms with Gasteiger partial charge >= 0.3 is 5.69 Å². The Kier molecular flexibility index (Phi) is 3.51. The van der Waals surface area contributed by atoms with Gasteiger partial charge in [0, 0.05) is 0 Å². The van der Waals surface area contributed by atoms with Crippen LogP contribution in [0.15, 0.2) is 58.1 Å². The van der Waals surface area contributed by atoms with Gasteiger partial charge in [-0.15, -0.1) is 0 Å². The first-order valence-corrected chi connectivity index (χ1v) is 7.05. The molecule has 0 amide bonds. The van der Waals surface area contributed by atoms with Gasteiger partial charge in [-0.05, 0) is 25.0 Å². The van der Waals surface area contributed by atoms with Gasteiger partial charge in [0.2, 0.25) is 0 Å². The van der Waals surface area contributed by atoms with E-state index in [4.69, 9.17) is 0 Å². The van der Waals surface area contributed by atoms with Crippen LogP contribution in [0.2, 0.25) is 0 Å². The van der Waals surface area contributed by atoms with E-state index < -0.39 is 5.69 Å². The molecule has 0 aliphatic heterocycles. The lowest BCUT2D eigenvalue weighted by molar-refractivity contribution is 1.04. The quantitative estimate of drug-likeness (QED) is 0.762. The van der Waals surface area contributed by atoms with Crippen molar-refractivity contribution >= 4 is 0 Å². The molecular weight excluding hydrogens is 276 g/mol. The lowest BCUT2D eigenvalue weighted by Gasteiger charge is -2.09. The molecule has 0 spiro atoms. The monoisotopic (exact) mass is 292 g/mol. The van der Waals surface area contributed by atoms with E-state index in [1.807, 2.05) is 62.4 Å². The highest BCUT2D eigenvalue weighted by Crippen LogP contribution is 2.26. The molecule has 0 aliphatic rings. The van der Waals surface area contributed by atoms with E-state index in [9.17, 15) is 9.59 Å². The number of benzene rings is 2. The molecule has 0 fully saturated rings. The molecule has 3 rings (SSSR count). The van der Waals surface area contributed by atoms with Crippen molar-refractivity contribution in [1.82, 2.24) is 9.97 Å². The Morgan fingerprint density at radius 1 is 0.682 bits per heavy atom. The molecule has 4 nitrogen and oxygen atoms in total. The van der Waals surface area contributed by atoms with Crippen LogP contribution in [0.25, 0.3) is 22.4 Å². The lowest BCUT2D eigenvalue weighted by Crippen LogP contribution is -2.24. The van der Waals surface area contributed by atoms with Crippen LogP contribution in [0.3, 0.4) is 0 Å².